The third kappa shape index (κ3) is 5.02. The van der Waals surface area contributed by atoms with E-state index in [4.69, 9.17) is 38.4 Å². The summed E-state index contributed by atoms with van der Waals surface area (Å²) in [6, 6.07) is 17.1. The van der Waals surface area contributed by atoms with E-state index >= 15 is 0 Å². The van der Waals surface area contributed by atoms with Crippen LogP contribution in [0.25, 0.3) is 11.3 Å². The molecular formula is C24H21Cl2N5O2S3. The number of rotatable bonds is 6. The van der Waals surface area contributed by atoms with Gasteiger partial charge in [0.25, 0.3) is 0 Å². The highest BCUT2D eigenvalue weighted by Crippen LogP contribution is 2.42. The molecule has 0 saturated carbocycles. The molecule has 1 aliphatic rings. The Morgan fingerprint density at radius 1 is 1.08 bits per heavy atom. The van der Waals surface area contributed by atoms with Gasteiger partial charge in [-0.15, -0.1) is 22.7 Å². The minimum Gasteiger partial charge on any atom is -0.378 e. The van der Waals surface area contributed by atoms with E-state index in [1.54, 1.807) is 6.07 Å². The Labute approximate surface area is 227 Å². The zero-order chi connectivity index (χ0) is 25.6. The minimum atomic E-state index is -3.96. The van der Waals surface area contributed by atoms with E-state index in [9.17, 15) is 8.42 Å². The van der Waals surface area contributed by atoms with E-state index in [2.05, 4.69) is 12.1 Å². The lowest BCUT2D eigenvalue weighted by atomic mass is 9.99. The van der Waals surface area contributed by atoms with Crippen LogP contribution in [-0.4, -0.2) is 33.2 Å². The molecule has 0 radical (unpaired) electrons. The Balaban J connectivity index is 1.57. The number of primary sulfonamides is 1. The Bertz CT molecular complexity index is 1550. The molecule has 1 atom stereocenters. The number of nitrogens with zero attached hydrogens (tertiary/aromatic N) is 4. The number of benzene rings is 2. The molecule has 0 amide bonds. The van der Waals surface area contributed by atoms with Crippen LogP contribution >= 0.6 is 45.9 Å². The first kappa shape index (κ1) is 25.2. The fraction of sp³-hybridized carbons (Fsp3) is 0.167. The Morgan fingerprint density at radius 3 is 2.42 bits per heavy atom. The molecule has 2 aromatic heterocycles. The largest absolute Gasteiger partial charge is 0.378 e. The van der Waals surface area contributed by atoms with Crippen molar-refractivity contribution >= 4 is 72.4 Å². The first-order valence-electron chi connectivity index (χ1n) is 10.8. The summed E-state index contributed by atoms with van der Waals surface area (Å²) in [6.07, 6.45) is 0.465. The quantitative estimate of drug-likeness (QED) is 0.292. The van der Waals surface area contributed by atoms with Crippen LogP contribution in [-0.2, 0) is 10.0 Å². The van der Waals surface area contributed by atoms with Crippen molar-refractivity contribution in [2.24, 2.45) is 10.2 Å². The van der Waals surface area contributed by atoms with Gasteiger partial charge in [0.1, 0.15) is 4.21 Å². The number of sulfonamides is 1. The van der Waals surface area contributed by atoms with Crippen molar-refractivity contribution in [2.45, 2.75) is 16.7 Å². The van der Waals surface area contributed by atoms with Crippen molar-refractivity contribution in [2.75, 3.05) is 24.0 Å². The number of nitrogens with two attached hydrogens (primary N) is 1. The summed E-state index contributed by atoms with van der Waals surface area (Å²) < 4.78 is 24.8. The maximum Gasteiger partial charge on any atom is 0.248 e. The molecule has 2 aromatic carbocycles. The number of hydrogen-bond donors (Lipinski definition) is 1. The van der Waals surface area contributed by atoms with E-state index in [1.807, 2.05) is 65.8 Å². The summed E-state index contributed by atoms with van der Waals surface area (Å²) in [6.45, 7) is 0. The van der Waals surface area contributed by atoms with Gasteiger partial charge in [-0.05, 0) is 35.9 Å². The monoisotopic (exact) mass is 577 g/mol. The van der Waals surface area contributed by atoms with Gasteiger partial charge in [-0.3, -0.25) is 0 Å². The van der Waals surface area contributed by atoms with Gasteiger partial charge >= 0.3 is 0 Å². The first-order valence-corrected chi connectivity index (χ1v) is 14.8. The molecule has 2 N–H and O–H groups in total. The van der Waals surface area contributed by atoms with Crippen molar-refractivity contribution in [3.63, 3.8) is 0 Å². The molecule has 0 bridgehead atoms. The van der Waals surface area contributed by atoms with E-state index in [-0.39, 0.29) is 10.3 Å². The van der Waals surface area contributed by atoms with Crippen molar-refractivity contribution in [1.29, 1.82) is 0 Å². The molecule has 7 nitrogen and oxygen atoms in total. The highest BCUT2D eigenvalue weighted by atomic mass is 35.5. The van der Waals surface area contributed by atoms with Crippen LogP contribution in [0, 0.1) is 0 Å². The summed E-state index contributed by atoms with van der Waals surface area (Å²) in [7, 11) is 0.0148. The third-order valence-corrected chi connectivity index (χ3v) is 9.59. The average Bonchev–Trinajstić information content (AvgIpc) is 3.57. The normalized spacial score (nSPS) is 15.9. The van der Waals surface area contributed by atoms with Gasteiger partial charge in [0.2, 0.25) is 15.2 Å². The first-order chi connectivity index (χ1) is 17.1. The molecule has 1 unspecified atom stereocenters. The van der Waals surface area contributed by atoms with Crippen LogP contribution in [0.2, 0.25) is 9.36 Å². The standard InChI is InChI=1S/C24H21Cl2N5O2S3/c1-30(2)17-9-5-15(6-10-17)21-12-19(18-11-22(26)35-23(18)36(27,32)33)29-31(21)24-28-20(13-34-24)14-3-7-16(25)8-4-14/h3-11,13,21H,12H2,1-2H3,(H2,27,32,33). The lowest BCUT2D eigenvalue weighted by molar-refractivity contribution is 0.599. The highest BCUT2D eigenvalue weighted by molar-refractivity contribution is 7.91. The van der Waals surface area contributed by atoms with Crippen LogP contribution in [0.15, 0.2) is 69.3 Å². The highest BCUT2D eigenvalue weighted by Gasteiger charge is 2.34. The second kappa shape index (κ2) is 9.77. The van der Waals surface area contributed by atoms with E-state index < -0.39 is 10.0 Å². The SMILES string of the molecule is CN(C)c1ccc(C2CC(c3cc(Cl)sc3S(N)(=O)=O)=NN2c2nc(-c3ccc(Cl)cc3)cs2)cc1. The molecule has 3 heterocycles. The number of anilines is 2. The molecule has 186 valence electrons. The minimum absolute atomic E-state index is 0.01000. The van der Waals surface area contributed by atoms with Crippen molar-refractivity contribution in [3.05, 3.63) is 80.5 Å². The van der Waals surface area contributed by atoms with Crippen molar-refractivity contribution in [3.8, 4) is 11.3 Å². The molecule has 5 rings (SSSR count). The van der Waals surface area contributed by atoms with Crippen molar-refractivity contribution in [1.82, 2.24) is 4.98 Å². The number of halogens is 2. The Kier molecular flexibility index (Phi) is 6.84. The zero-order valence-electron chi connectivity index (χ0n) is 19.2. The molecular weight excluding hydrogens is 557 g/mol. The predicted molar refractivity (Wildman–Crippen MR) is 150 cm³/mol. The van der Waals surface area contributed by atoms with Crippen LogP contribution in [0.3, 0.4) is 0 Å². The van der Waals surface area contributed by atoms with Crippen LogP contribution in [0.1, 0.15) is 23.6 Å². The number of aromatic nitrogens is 1. The molecule has 36 heavy (non-hydrogen) atoms. The topological polar surface area (TPSA) is 91.9 Å². The Morgan fingerprint density at radius 2 is 1.78 bits per heavy atom. The number of hydrogen-bond acceptors (Lipinski definition) is 8. The van der Waals surface area contributed by atoms with E-state index in [1.165, 1.54) is 11.3 Å². The summed E-state index contributed by atoms with van der Waals surface area (Å²) >= 11 is 14.6. The summed E-state index contributed by atoms with van der Waals surface area (Å²) in [5, 5.41) is 15.5. The number of hydrazone groups is 1. The van der Waals surface area contributed by atoms with Gasteiger partial charge in [0.15, 0.2) is 0 Å². The third-order valence-electron chi connectivity index (χ3n) is 5.77. The smallest absolute Gasteiger partial charge is 0.248 e. The molecule has 1 aliphatic heterocycles. The molecule has 0 aliphatic carbocycles. The predicted octanol–water partition coefficient (Wildman–Crippen LogP) is 6.25. The van der Waals surface area contributed by atoms with Gasteiger partial charge in [0.05, 0.1) is 21.8 Å². The molecule has 0 spiro atoms. The van der Waals surface area contributed by atoms with Crippen LogP contribution < -0.4 is 15.0 Å². The second-order valence-corrected chi connectivity index (χ2v) is 13.1. The zero-order valence-corrected chi connectivity index (χ0v) is 23.2. The van der Waals surface area contributed by atoms with E-state index in [0.717, 1.165) is 33.8 Å². The summed E-state index contributed by atoms with van der Waals surface area (Å²) in [5.74, 6) is 0. The second-order valence-electron chi connectivity index (χ2n) is 8.42. The van der Waals surface area contributed by atoms with Crippen LogP contribution in [0.5, 0.6) is 0 Å². The van der Waals surface area contributed by atoms with Gasteiger partial charge in [-0.1, -0.05) is 47.5 Å². The Hall–Kier alpha value is -2.47. The summed E-state index contributed by atoms with van der Waals surface area (Å²) in [5.41, 5.74) is 4.87. The van der Waals surface area contributed by atoms with Crippen molar-refractivity contribution < 1.29 is 8.42 Å². The lowest BCUT2D eigenvalue weighted by Gasteiger charge is -2.22. The van der Waals surface area contributed by atoms with E-state index in [0.29, 0.717) is 32.2 Å². The lowest BCUT2D eigenvalue weighted by Crippen LogP contribution is -2.18. The number of thiophene rings is 1. The number of thiazole rings is 1. The van der Waals surface area contributed by atoms with Crippen LogP contribution in [0.4, 0.5) is 10.8 Å². The molecule has 0 saturated heterocycles. The molecule has 4 aromatic rings. The fourth-order valence-electron chi connectivity index (χ4n) is 3.98. The maximum absolute atomic E-state index is 12.2. The summed E-state index contributed by atoms with van der Waals surface area (Å²) in [4.78, 5) is 6.87. The van der Waals surface area contributed by atoms with Gasteiger partial charge < -0.3 is 4.90 Å². The molecule has 12 heteroatoms. The fourth-order valence-corrected chi connectivity index (χ4v) is 7.28. The average molecular weight is 579 g/mol. The molecule has 0 fully saturated rings. The van der Waals surface area contributed by atoms with Gasteiger partial charge in [0, 0.05) is 47.7 Å². The maximum atomic E-state index is 12.2. The van der Waals surface area contributed by atoms with Gasteiger partial charge in [-0.25, -0.2) is 23.5 Å². The van der Waals surface area contributed by atoms with Gasteiger partial charge in [-0.2, -0.15) is 5.10 Å².